The molecule has 2 N–H and O–H groups in total. The summed E-state index contributed by atoms with van der Waals surface area (Å²) in [7, 11) is -0.199. The molecule has 0 radical (unpaired) electrons. The first-order valence-electron chi connectivity index (χ1n) is 10.5. The Labute approximate surface area is 188 Å². The van der Waals surface area contributed by atoms with Crippen molar-refractivity contribution in [3.8, 4) is 6.07 Å². The van der Waals surface area contributed by atoms with Crippen LogP contribution in [-0.4, -0.2) is 70.0 Å². The predicted octanol–water partition coefficient (Wildman–Crippen LogP) is 1.41. The van der Waals surface area contributed by atoms with E-state index in [2.05, 4.69) is 11.1 Å². The molecule has 180 valence electrons. The van der Waals surface area contributed by atoms with Gasteiger partial charge in [-0.1, -0.05) is 0 Å². The molecule has 0 amide bonds. The summed E-state index contributed by atoms with van der Waals surface area (Å²) in [5.41, 5.74) is -0.824. The number of aliphatic hydroxyl groups is 1. The number of rotatable bonds is 11. The van der Waals surface area contributed by atoms with E-state index in [1.165, 1.54) is 17.9 Å². The number of aromatic amines is 1. The van der Waals surface area contributed by atoms with Gasteiger partial charge in [0.1, 0.15) is 18.3 Å². The van der Waals surface area contributed by atoms with Gasteiger partial charge < -0.3 is 23.6 Å². The Kier molecular flexibility index (Phi) is 9.98. The van der Waals surface area contributed by atoms with Crippen molar-refractivity contribution in [1.82, 2.24) is 14.2 Å². The lowest BCUT2D eigenvalue weighted by atomic mass is 10.1. The van der Waals surface area contributed by atoms with Crippen molar-refractivity contribution in [2.75, 3.05) is 20.3 Å². The minimum Gasteiger partial charge on any atom is -0.394 e. The molecule has 1 saturated heterocycles. The Bertz CT molecular complexity index is 889. The van der Waals surface area contributed by atoms with Gasteiger partial charge in [0.25, 0.3) is 14.1 Å². The number of hydrogen-bond donors (Lipinski definition) is 2. The fourth-order valence-corrected chi connectivity index (χ4v) is 5.39. The highest BCUT2D eigenvalue weighted by Gasteiger charge is 2.49. The lowest BCUT2D eigenvalue weighted by Crippen LogP contribution is -2.42. The highest BCUT2D eigenvalue weighted by Crippen LogP contribution is 2.50. The van der Waals surface area contributed by atoms with Crippen molar-refractivity contribution in [2.24, 2.45) is 0 Å². The van der Waals surface area contributed by atoms with Gasteiger partial charge in [-0.25, -0.2) is 9.46 Å². The van der Waals surface area contributed by atoms with Crippen LogP contribution in [0.2, 0.25) is 0 Å². The Balaban J connectivity index is 2.48. The number of aryl methyl sites for hydroxylation is 1. The Morgan fingerprint density at radius 3 is 2.50 bits per heavy atom. The number of methoxy groups -OCH3 is 1. The van der Waals surface area contributed by atoms with Gasteiger partial charge in [-0.2, -0.15) is 5.26 Å². The van der Waals surface area contributed by atoms with Crippen molar-refractivity contribution in [2.45, 2.75) is 77.7 Å². The molecule has 0 aliphatic carbocycles. The van der Waals surface area contributed by atoms with Crippen LogP contribution < -0.4 is 11.2 Å². The molecule has 1 aromatic heterocycles. The fraction of sp³-hybridized carbons (Fsp3) is 0.750. The minimum absolute atomic E-state index is 0.0663. The van der Waals surface area contributed by atoms with Gasteiger partial charge in [0, 0.05) is 31.0 Å². The number of aromatic nitrogens is 2. The number of aliphatic hydroxyl groups excluding tert-OH is 1. The number of ether oxygens (including phenoxy) is 2. The van der Waals surface area contributed by atoms with Crippen LogP contribution in [0.5, 0.6) is 0 Å². The number of nitriles is 1. The molecular formula is C20H33N4O7P. The van der Waals surface area contributed by atoms with Crippen LogP contribution in [0.1, 0.15) is 45.9 Å². The molecule has 32 heavy (non-hydrogen) atoms. The van der Waals surface area contributed by atoms with E-state index in [0.29, 0.717) is 5.56 Å². The second-order valence-electron chi connectivity index (χ2n) is 8.04. The lowest BCUT2D eigenvalue weighted by Gasteiger charge is -2.38. The maximum Gasteiger partial charge on any atom is 0.330 e. The molecule has 1 aliphatic heterocycles. The monoisotopic (exact) mass is 472 g/mol. The van der Waals surface area contributed by atoms with E-state index in [1.807, 2.05) is 32.4 Å². The van der Waals surface area contributed by atoms with Gasteiger partial charge in [-0.15, -0.1) is 0 Å². The molecule has 0 spiro atoms. The van der Waals surface area contributed by atoms with Crippen LogP contribution in [0.15, 0.2) is 15.8 Å². The van der Waals surface area contributed by atoms with E-state index in [4.69, 9.17) is 23.8 Å². The van der Waals surface area contributed by atoms with Crippen LogP contribution in [0.3, 0.4) is 0 Å². The Hall–Kier alpha value is -1.64. The molecule has 1 aromatic rings. The summed E-state index contributed by atoms with van der Waals surface area (Å²) in [4.78, 5) is 26.7. The third-order valence-corrected chi connectivity index (χ3v) is 7.16. The molecule has 5 atom stereocenters. The SMILES string of the molecule is COC1[C@@H](CO)O[C@@H](n2cc(C)c(=O)[nH]c2=O)[C@H]1OP(OCCC#N)N(C(C)C)C(C)C. The molecule has 11 nitrogen and oxygen atoms in total. The van der Waals surface area contributed by atoms with E-state index >= 15 is 0 Å². The van der Waals surface area contributed by atoms with Gasteiger partial charge in [0.05, 0.1) is 25.7 Å². The van der Waals surface area contributed by atoms with Crippen LogP contribution in [0.25, 0.3) is 0 Å². The van der Waals surface area contributed by atoms with Crippen molar-refractivity contribution in [1.29, 1.82) is 5.26 Å². The van der Waals surface area contributed by atoms with Crippen molar-refractivity contribution in [3.63, 3.8) is 0 Å². The number of H-pyrrole nitrogens is 1. The van der Waals surface area contributed by atoms with Gasteiger partial charge >= 0.3 is 5.69 Å². The van der Waals surface area contributed by atoms with Gasteiger partial charge in [0.2, 0.25) is 0 Å². The minimum atomic E-state index is -1.67. The molecule has 1 fully saturated rings. The molecule has 12 heteroatoms. The second kappa shape index (κ2) is 12.0. The van der Waals surface area contributed by atoms with Crippen LogP contribution in [-0.2, 0) is 18.5 Å². The highest BCUT2D eigenvalue weighted by molar-refractivity contribution is 7.44. The summed E-state index contributed by atoms with van der Waals surface area (Å²) in [6, 6.07) is 2.19. The van der Waals surface area contributed by atoms with E-state index < -0.39 is 44.3 Å². The van der Waals surface area contributed by atoms with Crippen LogP contribution in [0, 0.1) is 18.3 Å². The first-order chi connectivity index (χ1) is 15.2. The summed E-state index contributed by atoms with van der Waals surface area (Å²) in [5, 5.41) is 18.8. The molecule has 1 aliphatic rings. The van der Waals surface area contributed by atoms with Gasteiger partial charge in [-0.05, 0) is 34.6 Å². The van der Waals surface area contributed by atoms with Gasteiger partial charge in [-0.3, -0.25) is 14.3 Å². The van der Waals surface area contributed by atoms with Crippen LogP contribution in [0.4, 0.5) is 0 Å². The van der Waals surface area contributed by atoms with Crippen LogP contribution >= 0.6 is 8.53 Å². The first kappa shape index (κ1) is 26.6. The van der Waals surface area contributed by atoms with E-state index in [9.17, 15) is 14.7 Å². The molecule has 2 unspecified atom stereocenters. The lowest BCUT2D eigenvalue weighted by molar-refractivity contribution is -0.0561. The zero-order chi connectivity index (χ0) is 24.0. The third-order valence-electron chi connectivity index (χ3n) is 5.03. The second-order valence-corrected chi connectivity index (χ2v) is 9.45. The molecule has 0 aromatic carbocycles. The maximum atomic E-state index is 12.6. The third kappa shape index (κ3) is 6.02. The molecule has 0 bridgehead atoms. The highest BCUT2D eigenvalue weighted by atomic mass is 31.2. The van der Waals surface area contributed by atoms with Crippen molar-refractivity contribution < 1.29 is 23.6 Å². The fourth-order valence-electron chi connectivity index (χ4n) is 3.65. The Morgan fingerprint density at radius 2 is 1.97 bits per heavy atom. The largest absolute Gasteiger partial charge is 0.394 e. The smallest absolute Gasteiger partial charge is 0.330 e. The van der Waals surface area contributed by atoms with E-state index in [-0.39, 0.29) is 31.7 Å². The standard InChI is InChI=1S/C20H33N4O7P/c1-12(2)24(13(3)4)32(29-9-7-8-21)31-17-16(28-6)15(11-25)30-19(17)23-10-14(5)18(26)22-20(23)27/h10,12-13,15-17,19,25H,7,9,11H2,1-6H3,(H,22,26,27)/t15-,16?,17+,19-,32?/m1/s1. The molecular weight excluding hydrogens is 439 g/mol. The number of hydrogen-bond acceptors (Lipinski definition) is 9. The summed E-state index contributed by atoms with van der Waals surface area (Å²) in [6.07, 6.45) is -1.65. The zero-order valence-corrected chi connectivity index (χ0v) is 20.2. The average Bonchev–Trinajstić information content (AvgIpc) is 3.07. The normalized spacial score (nSPS) is 24.4. The molecule has 2 heterocycles. The quantitative estimate of drug-likeness (QED) is 0.361. The van der Waals surface area contributed by atoms with Gasteiger partial charge in [0.15, 0.2) is 6.23 Å². The van der Waals surface area contributed by atoms with E-state index in [0.717, 1.165) is 0 Å². The topological polar surface area (TPSA) is 139 Å². The van der Waals surface area contributed by atoms with Crippen molar-refractivity contribution >= 4 is 8.53 Å². The molecule has 2 rings (SSSR count). The van der Waals surface area contributed by atoms with Crippen molar-refractivity contribution in [3.05, 3.63) is 32.6 Å². The maximum absolute atomic E-state index is 12.6. The number of nitrogens with zero attached hydrogens (tertiary/aromatic N) is 3. The summed E-state index contributed by atoms with van der Waals surface area (Å²) >= 11 is 0. The van der Waals surface area contributed by atoms with E-state index in [1.54, 1.807) is 6.92 Å². The zero-order valence-electron chi connectivity index (χ0n) is 19.3. The first-order valence-corrected chi connectivity index (χ1v) is 11.6. The summed E-state index contributed by atoms with van der Waals surface area (Å²) < 4.78 is 27.2. The summed E-state index contributed by atoms with van der Waals surface area (Å²) in [6.45, 7) is 9.44. The Morgan fingerprint density at radius 1 is 1.31 bits per heavy atom. The average molecular weight is 472 g/mol. The molecule has 0 saturated carbocycles. The summed E-state index contributed by atoms with van der Waals surface area (Å²) in [5.74, 6) is 0. The number of nitrogens with one attached hydrogen (secondary N) is 1. The predicted molar refractivity (Wildman–Crippen MR) is 118 cm³/mol.